The minimum atomic E-state index is -0.233. The van der Waals surface area contributed by atoms with Crippen LogP contribution in [0.4, 0.5) is 5.69 Å². The smallest absolute Gasteiger partial charge is 0.150 e. The lowest BCUT2D eigenvalue weighted by molar-refractivity contribution is 0.112. The van der Waals surface area contributed by atoms with Gasteiger partial charge < -0.3 is 4.90 Å². The Morgan fingerprint density at radius 1 is 1.13 bits per heavy atom. The van der Waals surface area contributed by atoms with Gasteiger partial charge in [0.05, 0.1) is 0 Å². The van der Waals surface area contributed by atoms with E-state index in [0.29, 0.717) is 5.56 Å². The van der Waals surface area contributed by atoms with Gasteiger partial charge in [0, 0.05) is 28.1 Å². The normalized spacial score (nSPS) is 18.7. The molecule has 0 bridgehead atoms. The molecule has 2 aliphatic rings. The third kappa shape index (κ3) is 3.74. The molecule has 31 heavy (non-hydrogen) atoms. The Morgan fingerprint density at radius 2 is 1.90 bits per heavy atom. The second kappa shape index (κ2) is 8.39. The SMILES string of the molecule is C=C1/C(=C\C(=C/C)N(C2=CC=CCC2)c2ccccc2)C(C)(C)c2cc(C=O)ccc21. The summed E-state index contributed by atoms with van der Waals surface area (Å²) in [5.41, 5.74) is 8.53. The van der Waals surface area contributed by atoms with Crippen LogP contribution in [0.1, 0.15) is 55.1 Å². The quantitative estimate of drug-likeness (QED) is 0.482. The first-order valence-corrected chi connectivity index (χ1v) is 10.9. The van der Waals surface area contributed by atoms with Gasteiger partial charge in [-0.3, -0.25) is 4.79 Å². The molecule has 0 saturated carbocycles. The van der Waals surface area contributed by atoms with E-state index in [4.69, 9.17) is 0 Å². The summed E-state index contributed by atoms with van der Waals surface area (Å²) in [4.78, 5) is 13.7. The predicted molar refractivity (Wildman–Crippen MR) is 131 cm³/mol. The number of carbonyl (C=O) groups excluding carboxylic acids is 1. The predicted octanol–water partition coefficient (Wildman–Crippen LogP) is 7.37. The van der Waals surface area contributed by atoms with Crippen LogP contribution in [-0.4, -0.2) is 6.29 Å². The van der Waals surface area contributed by atoms with Gasteiger partial charge in [-0.1, -0.05) is 69.0 Å². The number of benzene rings is 2. The van der Waals surface area contributed by atoms with E-state index in [9.17, 15) is 4.79 Å². The van der Waals surface area contributed by atoms with E-state index in [1.54, 1.807) is 0 Å². The molecule has 0 saturated heterocycles. The molecule has 0 spiro atoms. The fourth-order valence-electron chi connectivity index (χ4n) is 4.61. The molecule has 0 unspecified atom stereocenters. The Kier molecular flexibility index (Phi) is 5.65. The number of aldehydes is 1. The molecule has 2 aromatic rings. The van der Waals surface area contributed by atoms with E-state index in [1.807, 2.05) is 24.3 Å². The van der Waals surface area contributed by atoms with Crippen molar-refractivity contribution >= 4 is 17.5 Å². The van der Waals surface area contributed by atoms with Crippen molar-refractivity contribution in [1.82, 2.24) is 0 Å². The Bertz CT molecular complexity index is 1140. The molecular weight excluding hydrogens is 378 g/mol. The van der Waals surface area contributed by atoms with Gasteiger partial charge in [0.1, 0.15) is 6.29 Å². The summed E-state index contributed by atoms with van der Waals surface area (Å²) in [6.07, 6.45) is 14.0. The van der Waals surface area contributed by atoms with Crippen LogP contribution in [0.5, 0.6) is 0 Å². The molecule has 0 fully saturated rings. The van der Waals surface area contributed by atoms with E-state index in [0.717, 1.165) is 47.2 Å². The summed E-state index contributed by atoms with van der Waals surface area (Å²) in [5.74, 6) is 0. The van der Waals surface area contributed by atoms with Crippen molar-refractivity contribution in [2.75, 3.05) is 4.90 Å². The number of carbonyl (C=O) groups is 1. The van der Waals surface area contributed by atoms with Crippen LogP contribution in [0.15, 0.2) is 102 Å². The average molecular weight is 408 g/mol. The third-order valence-corrected chi connectivity index (χ3v) is 6.32. The van der Waals surface area contributed by atoms with Crippen LogP contribution in [-0.2, 0) is 5.41 Å². The molecule has 0 heterocycles. The number of fused-ring (bicyclic) bond motifs is 1. The van der Waals surface area contributed by atoms with Gasteiger partial charge in [0.2, 0.25) is 0 Å². The van der Waals surface area contributed by atoms with Crippen LogP contribution in [0.2, 0.25) is 0 Å². The lowest BCUT2D eigenvalue weighted by atomic mass is 9.81. The Balaban J connectivity index is 1.83. The van der Waals surface area contributed by atoms with Gasteiger partial charge in [-0.25, -0.2) is 0 Å². The second-order valence-electron chi connectivity index (χ2n) is 8.59. The largest absolute Gasteiger partial charge is 0.315 e. The maximum Gasteiger partial charge on any atom is 0.150 e. The lowest BCUT2D eigenvalue weighted by Gasteiger charge is -2.31. The zero-order chi connectivity index (χ0) is 22.0. The number of anilines is 1. The lowest BCUT2D eigenvalue weighted by Crippen LogP contribution is -2.23. The van der Waals surface area contributed by atoms with Gasteiger partial charge in [-0.2, -0.15) is 0 Å². The van der Waals surface area contributed by atoms with E-state index < -0.39 is 0 Å². The van der Waals surface area contributed by atoms with Gasteiger partial charge in [-0.05, 0) is 72.4 Å². The van der Waals surface area contributed by atoms with E-state index in [-0.39, 0.29) is 5.41 Å². The van der Waals surface area contributed by atoms with Gasteiger partial charge in [-0.15, -0.1) is 0 Å². The highest BCUT2D eigenvalue weighted by molar-refractivity contribution is 5.91. The number of nitrogens with zero attached hydrogens (tertiary/aromatic N) is 1. The fraction of sp³-hybridized carbons (Fsp3) is 0.207. The number of hydrogen-bond donors (Lipinski definition) is 0. The molecule has 2 aliphatic carbocycles. The van der Waals surface area contributed by atoms with E-state index in [2.05, 4.69) is 86.9 Å². The first-order valence-electron chi connectivity index (χ1n) is 10.9. The summed E-state index contributed by atoms with van der Waals surface area (Å²) in [6.45, 7) is 10.9. The van der Waals surface area contributed by atoms with Crippen molar-refractivity contribution < 1.29 is 4.79 Å². The highest BCUT2D eigenvalue weighted by atomic mass is 16.1. The Morgan fingerprint density at radius 3 is 2.55 bits per heavy atom. The molecule has 2 aromatic carbocycles. The molecule has 0 amide bonds. The van der Waals surface area contributed by atoms with Gasteiger partial charge >= 0.3 is 0 Å². The molecule has 0 aromatic heterocycles. The maximum atomic E-state index is 11.4. The summed E-state index contributed by atoms with van der Waals surface area (Å²) >= 11 is 0. The Hall–Kier alpha value is -3.39. The number of rotatable bonds is 5. The monoisotopic (exact) mass is 407 g/mol. The van der Waals surface area contributed by atoms with Crippen molar-refractivity contribution in [2.24, 2.45) is 0 Å². The van der Waals surface area contributed by atoms with Crippen LogP contribution < -0.4 is 4.90 Å². The molecule has 156 valence electrons. The van der Waals surface area contributed by atoms with Crippen molar-refractivity contribution in [3.05, 3.63) is 119 Å². The van der Waals surface area contributed by atoms with Crippen LogP contribution >= 0.6 is 0 Å². The van der Waals surface area contributed by atoms with Crippen LogP contribution in [0.25, 0.3) is 5.57 Å². The number of allylic oxidation sites excluding steroid dienone is 8. The van der Waals surface area contributed by atoms with E-state index in [1.165, 1.54) is 11.3 Å². The molecule has 0 aliphatic heterocycles. The van der Waals surface area contributed by atoms with Crippen molar-refractivity contribution in [2.45, 2.75) is 39.0 Å². The zero-order valence-electron chi connectivity index (χ0n) is 18.6. The van der Waals surface area contributed by atoms with Crippen molar-refractivity contribution in [3.8, 4) is 0 Å². The molecule has 0 N–H and O–H groups in total. The zero-order valence-corrected chi connectivity index (χ0v) is 18.6. The van der Waals surface area contributed by atoms with Crippen molar-refractivity contribution in [3.63, 3.8) is 0 Å². The first kappa shape index (κ1) is 20.9. The first-order chi connectivity index (χ1) is 15.0. The average Bonchev–Trinajstić information content (AvgIpc) is 2.99. The minimum absolute atomic E-state index is 0.233. The molecular formula is C29H29NO. The highest BCUT2D eigenvalue weighted by Gasteiger charge is 2.37. The molecule has 0 atom stereocenters. The van der Waals surface area contributed by atoms with Crippen molar-refractivity contribution in [1.29, 1.82) is 0 Å². The third-order valence-electron chi connectivity index (χ3n) is 6.32. The summed E-state index contributed by atoms with van der Waals surface area (Å²) in [7, 11) is 0. The summed E-state index contributed by atoms with van der Waals surface area (Å²) in [6, 6.07) is 16.4. The Labute approximate surface area is 185 Å². The van der Waals surface area contributed by atoms with Gasteiger partial charge in [0.25, 0.3) is 0 Å². The topological polar surface area (TPSA) is 20.3 Å². The molecule has 0 radical (unpaired) electrons. The molecule has 2 heteroatoms. The maximum absolute atomic E-state index is 11.4. The number of para-hydroxylation sites is 1. The summed E-state index contributed by atoms with van der Waals surface area (Å²) < 4.78 is 0. The minimum Gasteiger partial charge on any atom is -0.315 e. The molecule has 4 rings (SSSR count). The standard InChI is InChI=1S/C29H29NO/c1-5-23(30(24-12-8-6-9-13-24)25-14-10-7-11-15-25)19-27-21(2)26-17-16-22(20-31)18-28(26)29(27,3)4/h5-10,12-14,16-20H,2,11,15H2,1,3-4H3/b23-5+,27-19+. The van der Waals surface area contributed by atoms with E-state index >= 15 is 0 Å². The van der Waals surface area contributed by atoms with Crippen LogP contribution in [0, 0.1) is 0 Å². The van der Waals surface area contributed by atoms with Gasteiger partial charge in [0.15, 0.2) is 0 Å². The summed E-state index contributed by atoms with van der Waals surface area (Å²) in [5, 5.41) is 0. The number of hydrogen-bond acceptors (Lipinski definition) is 2. The highest BCUT2D eigenvalue weighted by Crippen LogP contribution is 2.49. The van der Waals surface area contributed by atoms with Crippen LogP contribution in [0.3, 0.4) is 0 Å². The molecule has 2 nitrogen and oxygen atoms in total. The fourth-order valence-corrected chi connectivity index (χ4v) is 4.61. The second-order valence-corrected chi connectivity index (χ2v) is 8.59.